The summed E-state index contributed by atoms with van der Waals surface area (Å²) in [6, 6.07) is 74.8. The van der Waals surface area contributed by atoms with Crippen LogP contribution in [-0.2, 0) is 10.8 Å². The first-order chi connectivity index (χ1) is 28.3. The van der Waals surface area contributed by atoms with Gasteiger partial charge in [-0.1, -0.05) is 167 Å². The van der Waals surface area contributed by atoms with Gasteiger partial charge < -0.3 is 9.80 Å². The SMILES string of the molecule is CC1(C)CCC(C)(C)c2c(-c3cccc(N(c4ccc(-c5ccc(N(c6ccccc6)c6ccccc6)cc5)cc4)c4ccccc4-c4ccccc4)c3)cccc21. The third-order valence-electron chi connectivity index (χ3n) is 12.1. The van der Waals surface area contributed by atoms with Gasteiger partial charge in [0.05, 0.1) is 5.69 Å². The molecular weight excluding hydrogens is 701 g/mol. The molecule has 0 spiro atoms. The number of para-hydroxylation sites is 3. The lowest BCUT2D eigenvalue weighted by molar-refractivity contribution is 0.333. The van der Waals surface area contributed by atoms with Crippen LogP contribution in [0.3, 0.4) is 0 Å². The number of rotatable bonds is 9. The fourth-order valence-electron chi connectivity index (χ4n) is 8.95. The van der Waals surface area contributed by atoms with Crippen molar-refractivity contribution in [1.29, 1.82) is 0 Å². The molecule has 0 amide bonds. The van der Waals surface area contributed by atoms with Gasteiger partial charge in [-0.15, -0.1) is 0 Å². The molecule has 0 radical (unpaired) electrons. The zero-order valence-corrected chi connectivity index (χ0v) is 33.9. The van der Waals surface area contributed by atoms with Crippen molar-refractivity contribution < 1.29 is 0 Å². The smallest absolute Gasteiger partial charge is 0.0540 e. The summed E-state index contributed by atoms with van der Waals surface area (Å²) in [7, 11) is 0. The first-order valence-corrected chi connectivity index (χ1v) is 20.6. The topological polar surface area (TPSA) is 6.48 Å². The second-order valence-electron chi connectivity index (χ2n) is 16.9. The molecule has 0 bridgehead atoms. The van der Waals surface area contributed by atoms with Gasteiger partial charge in [0.2, 0.25) is 0 Å². The summed E-state index contributed by atoms with van der Waals surface area (Å²) in [6.45, 7) is 9.67. The summed E-state index contributed by atoms with van der Waals surface area (Å²) in [4.78, 5) is 4.73. The third-order valence-corrected chi connectivity index (χ3v) is 12.1. The van der Waals surface area contributed by atoms with Crippen molar-refractivity contribution >= 4 is 34.1 Å². The Labute approximate surface area is 344 Å². The van der Waals surface area contributed by atoms with Crippen molar-refractivity contribution in [2.75, 3.05) is 9.80 Å². The van der Waals surface area contributed by atoms with Crippen LogP contribution in [0.15, 0.2) is 206 Å². The van der Waals surface area contributed by atoms with Gasteiger partial charge in [0.25, 0.3) is 0 Å². The molecule has 1 aliphatic carbocycles. The molecule has 0 fully saturated rings. The van der Waals surface area contributed by atoms with Crippen molar-refractivity contribution in [3.8, 4) is 33.4 Å². The van der Waals surface area contributed by atoms with Crippen LogP contribution in [0.5, 0.6) is 0 Å². The Balaban J connectivity index is 1.12. The van der Waals surface area contributed by atoms with Gasteiger partial charge in [0, 0.05) is 34.0 Å². The molecule has 0 saturated carbocycles. The summed E-state index contributed by atoms with van der Waals surface area (Å²) >= 11 is 0. The van der Waals surface area contributed by atoms with Gasteiger partial charge >= 0.3 is 0 Å². The number of anilines is 6. The molecule has 2 heteroatoms. The minimum absolute atomic E-state index is 0.0897. The van der Waals surface area contributed by atoms with Crippen LogP contribution >= 0.6 is 0 Å². The molecule has 9 rings (SSSR count). The fraction of sp³-hybridized carbons (Fsp3) is 0.143. The highest BCUT2D eigenvalue weighted by atomic mass is 15.1. The van der Waals surface area contributed by atoms with Crippen LogP contribution in [0.4, 0.5) is 34.1 Å². The van der Waals surface area contributed by atoms with E-state index in [9.17, 15) is 0 Å². The molecule has 284 valence electrons. The maximum atomic E-state index is 2.43. The lowest BCUT2D eigenvalue weighted by Gasteiger charge is -2.43. The lowest BCUT2D eigenvalue weighted by Crippen LogP contribution is -2.34. The predicted octanol–water partition coefficient (Wildman–Crippen LogP) is 16.0. The van der Waals surface area contributed by atoms with Gasteiger partial charge in [-0.05, 0) is 129 Å². The zero-order valence-electron chi connectivity index (χ0n) is 33.9. The largest absolute Gasteiger partial charge is 0.311 e. The Hall–Kier alpha value is -6.64. The molecule has 8 aromatic rings. The molecule has 0 heterocycles. The van der Waals surface area contributed by atoms with E-state index in [1.54, 1.807) is 0 Å². The van der Waals surface area contributed by atoms with E-state index in [-0.39, 0.29) is 10.8 Å². The van der Waals surface area contributed by atoms with Gasteiger partial charge in [-0.25, -0.2) is 0 Å². The molecular formula is C56H50N2. The highest BCUT2D eigenvalue weighted by Crippen LogP contribution is 2.50. The number of nitrogens with zero attached hydrogens (tertiary/aromatic N) is 2. The third kappa shape index (κ3) is 7.12. The highest BCUT2D eigenvalue weighted by molar-refractivity contribution is 5.90. The maximum Gasteiger partial charge on any atom is 0.0540 e. The van der Waals surface area contributed by atoms with E-state index in [1.165, 1.54) is 57.3 Å². The molecule has 2 nitrogen and oxygen atoms in total. The second-order valence-corrected chi connectivity index (χ2v) is 16.9. The molecule has 0 aliphatic heterocycles. The van der Waals surface area contributed by atoms with E-state index < -0.39 is 0 Å². The van der Waals surface area contributed by atoms with Crippen LogP contribution < -0.4 is 9.80 Å². The molecule has 0 N–H and O–H groups in total. The fourth-order valence-corrected chi connectivity index (χ4v) is 8.95. The van der Waals surface area contributed by atoms with Gasteiger partial charge in [0.1, 0.15) is 0 Å². The van der Waals surface area contributed by atoms with E-state index >= 15 is 0 Å². The first-order valence-electron chi connectivity index (χ1n) is 20.6. The van der Waals surface area contributed by atoms with E-state index in [0.29, 0.717) is 0 Å². The normalized spacial score (nSPS) is 14.0. The first kappa shape index (κ1) is 37.0. The molecule has 0 saturated heterocycles. The molecule has 0 aromatic heterocycles. The standard InChI is InChI=1S/C56H50N2/c1-55(2)38-39-56(3,4)54-51(27-17-28-52(54)55)44-20-16-25-49(40-44)58(53-29-15-14-26-50(53)43-18-8-5-9-19-43)48-36-32-42(33-37-48)41-30-34-47(35-31-41)57(45-21-10-6-11-22-45)46-23-12-7-13-24-46/h5-37,40H,38-39H2,1-4H3. The Morgan fingerprint density at radius 3 is 1.40 bits per heavy atom. The van der Waals surface area contributed by atoms with E-state index in [2.05, 4.69) is 244 Å². The average molecular weight is 751 g/mol. The molecule has 1 aliphatic rings. The van der Waals surface area contributed by atoms with Crippen molar-refractivity contribution in [3.05, 3.63) is 217 Å². The number of fused-ring (bicyclic) bond motifs is 1. The minimum atomic E-state index is 0.0897. The van der Waals surface area contributed by atoms with Gasteiger partial charge in [0.15, 0.2) is 0 Å². The van der Waals surface area contributed by atoms with E-state index in [0.717, 1.165) is 34.1 Å². The summed E-state index contributed by atoms with van der Waals surface area (Å²) in [6.07, 6.45) is 2.37. The lowest BCUT2D eigenvalue weighted by atomic mass is 9.61. The van der Waals surface area contributed by atoms with E-state index in [1.807, 2.05) is 0 Å². The Morgan fingerprint density at radius 2 is 0.776 bits per heavy atom. The van der Waals surface area contributed by atoms with Crippen molar-refractivity contribution in [3.63, 3.8) is 0 Å². The monoisotopic (exact) mass is 750 g/mol. The van der Waals surface area contributed by atoms with E-state index in [4.69, 9.17) is 0 Å². The summed E-state index contributed by atoms with van der Waals surface area (Å²) in [5.41, 5.74) is 17.3. The number of hydrogen-bond donors (Lipinski definition) is 0. The summed E-state index contributed by atoms with van der Waals surface area (Å²) < 4.78 is 0. The Kier molecular flexibility index (Phi) is 9.79. The highest BCUT2D eigenvalue weighted by Gasteiger charge is 2.38. The average Bonchev–Trinajstić information content (AvgIpc) is 3.27. The maximum absolute atomic E-state index is 2.43. The molecule has 0 atom stereocenters. The van der Waals surface area contributed by atoms with Crippen molar-refractivity contribution in [1.82, 2.24) is 0 Å². The van der Waals surface area contributed by atoms with Gasteiger partial charge in [-0.2, -0.15) is 0 Å². The quantitative estimate of drug-likeness (QED) is 0.145. The zero-order chi connectivity index (χ0) is 39.7. The number of hydrogen-bond acceptors (Lipinski definition) is 2. The van der Waals surface area contributed by atoms with Crippen LogP contribution in [0.2, 0.25) is 0 Å². The minimum Gasteiger partial charge on any atom is -0.311 e. The predicted molar refractivity (Wildman–Crippen MR) is 247 cm³/mol. The second kappa shape index (κ2) is 15.4. The molecule has 0 unspecified atom stereocenters. The summed E-state index contributed by atoms with van der Waals surface area (Å²) in [5.74, 6) is 0. The Morgan fingerprint density at radius 1 is 0.328 bits per heavy atom. The molecule has 8 aromatic carbocycles. The van der Waals surface area contributed by atoms with Crippen LogP contribution in [0, 0.1) is 0 Å². The van der Waals surface area contributed by atoms with Crippen LogP contribution in [0.1, 0.15) is 51.7 Å². The van der Waals surface area contributed by atoms with Crippen molar-refractivity contribution in [2.24, 2.45) is 0 Å². The van der Waals surface area contributed by atoms with Crippen LogP contribution in [0.25, 0.3) is 33.4 Å². The van der Waals surface area contributed by atoms with Gasteiger partial charge in [-0.3, -0.25) is 0 Å². The van der Waals surface area contributed by atoms with Crippen molar-refractivity contribution in [2.45, 2.75) is 51.4 Å². The summed E-state index contributed by atoms with van der Waals surface area (Å²) in [5, 5.41) is 0. The Bertz CT molecular complexity index is 2600. The molecule has 58 heavy (non-hydrogen) atoms. The number of benzene rings is 8. The van der Waals surface area contributed by atoms with Crippen LogP contribution in [-0.4, -0.2) is 0 Å².